The van der Waals surface area contributed by atoms with Gasteiger partial charge in [-0.25, -0.2) is 0 Å². The minimum Gasteiger partial charge on any atom is -0.272 e. The molecule has 0 unspecified atom stereocenters. The molecule has 0 radical (unpaired) electrons. The number of hydrogen-bond donors (Lipinski definition) is 0. The Morgan fingerprint density at radius 3 is 2.29 bits per heavy atom. The van der Waals surface area contributed by atoms with Crippen molar-refractivity contribution in [1.82, 2.24) is 4.90 Å². The second-order valence-corrected chi connectivity index (χ2v) is 5.15. The molecular formula is C13H13NO2S. The Bertz CT molecular complexity index is 479. The topological polar surface area (TPSA) is 37.4 Å². The molecule has 3 nitrogen and oxygen atoms in total. The third-order valence-corrected chi connectivity index (χ3v) is 3.43. The van der Waals surface area contributed by atoms with Crippen LogP contribution in [-0.4, -0.2) is 22.8 Å². The molecule has 2 rings (SSSR count). The predicted octanol–water partition coefficient (Wildman–Crippen LogP) is 2.44. The number of carbonyl (C=O) groups is 2. The highest BCUT2D eigenvalue weighted by molar-refractivity contribution is 8.04. The molecule has 1 aromatic rings. The number of benzene rings is 1. The largest absolute Gasteiger partial charge is 0.272 e. The normalized spacial score (nSPS) is 15.7. The predicted molar refractivity (Wildman–Crippen MR) is 67.4 cm³/mol. The average molecular weight is 247 g/mol. The van der Waals surface area contributed by atoms with Gasteiger partial charge >= 0.3 is 0 Å². The van der Waals surface area contributed by atoms with Crippen molar-refractivity contribution in [2.75, 3.05) is 0 Å². The first-order chi connectivity index (χ1) is 8.09. The number of thioether (sulfide) groups is 1. The summed E-state index contributed by atoms with van der Waals surface area (Å²) in [7, 11) is 0. The Labute approximate surface area is 104 Å². The zero-order chi connectivity index (χ0) is 12.4. The molecule has 4 heteroatoms. The quantitative estimate of drug-likeness (QED) is 0.770. The molecule has 0 fully saturated rings. The van der Waals surface area contributed by atoms with Crippen LogP contribution in [0.2, 0.25) is 0 Å². The second-order valence-electron chi connectivity index (χ2n) is 4.03. The Kier molecular flexibility index (Phi) is 3.33. The van der Waals surface area contributed by atoms with Gasteiger partial charge in [0, 0.05) is 17.0 Å². The highest BCUT2D eigenvalue weighted by atomic mass is 32.2. The Balaban J connectivity index is 2.17. The van der Waals surface area contributed by atoms with Gasteiger partial charge in [0.05, 0.1) is 4.91 Å². The van der Waals surface area contributed by atoms with E-state index < -0.39 is 0 Å². The summed E-state index contributed by atoms with van der Waals surface area (Å²) in [5.41, 5.74) is 0. The molecule has 0 aliphatic carbocycles. The smallest absolute Gasteiger partial charge is 0.267 e. The van der Waals surface area contributed by atoms with Crippen LogP contribution >= 0.6 is 11.8 Å². The van der Waals surface area contributed by atoms with Crippen LogP contribution in [0.4, 0.5) is 0 Å². The summed E-state index contributed by atoms with van der Waals surface area (Å²) in [6, 6.07) is 9.47. The van der Waals surface area contributed by atoms with E-state index in [1.807, 2.05) is 44.2 Å². The van der Waals surface area contributed by atoms with Crippen molar-refractivity contribution in [1.29, 1.82) is 0 Å². The zero-order valence-electron chi connectivity index (χ0n) is 9.71. The van der Waals surface area contributed by atoms with E-state index in [2.05, 4.69) is 0 Å². The maximum Gasteiger partial charge on any atom is 0.267 e. The van der Waals surface area contributed by atoms with Crippen molar-refractivity contribution in [2.45, 2.75) is 24.8 Å². The van der Waals surface area contributed by atoms with Crippen molar-refractivity contribution in [3.63, 3.8) is 0 Å². The summed E-state index contributed by atoms with van der Waals surface area (Å²) in [5.74, 6) is -0.415. The minimum atomic E-state index is -0.219. The van der Waals surface area contributed by atoms with Crippen molar-refractivity contribution in [3.8, 4) is 0 Å². The lowest BCUT2D eigenvalue weighted by Crippen LogP contribution is -2.36. The first-order valence-corrected chi connectivity index (χ1v) is 6.23. The monoisotopic (exact) mass is 247 g/mol. The molecule has 0 N–H and O–H groups in total. The fourth-order valence-corrected chi connectivity index (χ4v) is 2.53. The Hall–Kier alpha value is -1.55. The maximum atomic E-state index is 12.0. The Morgan fingerprint density at radius 2 is 1.76 bits per heavy atom. The van der Waals surface area contributed by atoms with Gasteiger partial charge in [-0.15, -0.1) is 0 Å². The van der Waals surface area contributed by atoms with Crippen molar-refractivity contribution >= 4 is 23.6 Å². The lowest BCUT2D eigenvalue weighted by Gasteiger charge is -2.18. The number of rotatable bonds is 3. The van der Waals surface area contributed by atoms with Gasteiger partial charge in [0.2, 0.25) is 0 Å². The van der Waals surface area contributed by atoms with Crippen LogP contribution in [0.15, 0.2) is 46.2 Å². The van der Waals surface area contributed by atoms with Crippen LogP contribution in [-0.2, 0) is 9.59 Å². The number of nitrogens with zero attached hydrogens (tertiary/aromatic N) is 1. The summed E-state index contributed by atoms with van der Waals surface area (Å²) in [6.45, 7) is 3.67. The van der Waals surface area contributed by atoms with Crippen LogP contribution in [0.5, 0.6) is 0 Å². The number of hydrogen-bond acceptors (Lipinski definition) is 3. The van der Waals surface area contributed by atoms with E-state index >= 15 is 0 Å². The fourth-order valence-electron chi connectivity index (χ4n) is 1.64. The molecule has 0 aromatic heterocycles. The van der Waals surface area contributed by atoms with Crippen molar-refractivity contribution in [3.05, 3.63) is 41.3 Å². The van der Waals surface area contributed by atoms with E-state index in [0.29, 0.717) is 4.91 Å². The molecular weight excluding hydrogens is 234 g/mol. The van der Waals surface area contributed by atoms with Crippen molar-refractivity contribution in [2.24, 2.45) is 0 Å². The summed E-state index contributed by atoms with van der Waals surface area (Å²) in [6.07, 6.45) is 1.42. The van der Waals surface area contributed by atoms with Crippen LogP contribution in [0.25, 0.3) is 0 Å². The summed E-state index contributed by atoms with van der Waals surface area (Å²) >= 11 is 1.33. The number of imide groups is 1. The summed E-state index contributed by atoms with van der Waals surface area (Å²) < 4.78 is 0. The molecule has 1 aromatic carbocycles. The van der Waals surface area contributed by atoms with Crippen LogP contribution in [0.1, 0.15) is 13.8 Å². The van der Waals surface area contributed by atoms with E-state index in [9.17, 15) is 9.59 Å². The van der Waals surface area contributed by atoms with Gasteiger partial charge in [-0.3, -0.25) is 14.5 Å². The molecule has 17 heavy (non-hydrogen) atoms. The van der Waals surface area contributed by atoms with E-state index in [0.717, 1.165) is 4.90 Å². The Morgan fingerprint density at radius 1 is 1.12 bits per heavy atom. The fraction of sp³-hybridized carbons (Fsp3) is 0.231. The number of carbonyl (C=O) groups excluding carboxylic acids is 2. The molecule has 0 bridgehead atoms. The van der Waals surface area contributed by atoms with Crippen LogP contribution < -0.4 is 0 Å². The lowest BCUT2D eigenvalue weighted by molar-refractivity contribution is -0.138. The molecule has 1 aliphatic heterocycles. The second kappa shape index (κ2) is 4.75. The highest BCUT2D eigenvalue weighted by Gasteiger charge is 2.33. The first kappa shape index (κ1) is 11.9. The van der Waals surface area contributed by atoms with Gasteiger partial charge in [0.25, 0.3) is 11.8 Å². The van der Waals surface area contributed by atoms with Gasteiger partial charge in [-0.1, -0.05) is 30.0 Å². The van der Waals surface area contributed by atoms with Crippen LogP contribution in [0.3, 0.4) is 0 Å². The molecule has 0 saturated carbocycles. The van der Waals surface area contributed by atoms with E-state index in [1.165, 1.54) is 22.7 Å². The van der Waals surface area contributed by atoms with Gasteiger partial charge in [0.15, 0.2) is 0 Å². The third kappa shape index (κ3) is 2.42. The first-order valence-electron chi connectivity index (χ1n) is 5.41. The molecule has 1 heterocycles. The minimum absolute atomic E-state index is 0.0971. The van der Waals surface area contributed by atoms with Gasteiger partial charge in [0.1, 0.15) is 0 Å². The van der Waals surface area contributed by atoms with Gasteiger partial charge < -0.3 is 0 Å². The molecule has 88 valence electrons. The standard InChI is InChI=1S/C13H13NO2S/c1-9(2)14-12(15)8-11(13(14)16)17-10-6-4-3-5-7-10/h3-9H,1-2H3. The van der Waals surface area contributed by atoms with E-state index in [-0.39, 0.29) is 17.9 Å². The number of amides is 2. The van der Waals surface area contributed by atoms with Crippen molar-refractivity contribution < 1.29 is 9.59 Å². The zero-order valence-corrected chi connectivity index (χ0v) is 10.5. The molecule has 2 amide bonds. The average Bonchev–Trinajstić information content (AvgIpc) is 2.55. The molecule has 1 aliphatic rings. The molecule has 0 saturated heterocycles. The summed E-state index contributed by atoms with van der Waals surface area (Å²) in [4.78, 5) is 26.4. The highest BCUT2D eigenvalue weighted by Crippen LogP contribution is 2.31. The molecule has 0 spiro atoms. The van der Waals surface area contributed by atoms with Gasteiger partial charge in [-0.05, 0) is 26.0 Å². The maximum absolute atomic E-state index is 12.0. The third-order valence-electron chi connectivity index (χ3n) is 2.41. The van der Waals surface area contributed by atoms with E-state index in [1.54, 1.807) is 0 Å². The SMILES string of the molecule is CC(C)N1C(=O)C=C(Sc2ccccc2)C1=O. The van der Waals surface area contributed by atoms with Crippen LogP contribution in [0, 0.1) is 0 Å². The van der Waals surface area contributed by atoms with E-state index in [4.69, 9.17) is 0 Å². The summed E-state index contributed by atoms with van der Waals surface area (Å²) in [5, 5.41) is 0. The van der Waals surface area contributed by atoms with Gasteiger partial charge in [-0.2, -0.15) is 0 Å². The lowest BCUT2D eigenvalue weighted by atomic mass is 10.3. The molecule has 0 atom stereocenters.